The molecule has 5 heteroatoms. The minimum atomic E-state index is -0.109. The van der Waals surface area contributed by atoms with Crippen molar-refractivity contribution < 1.29 is 9.59 Å². The van der Waals surface area contributed by atoms with Gasteiger partial charge in [-0.3, -0.25) is 9.59 Å². The predicted molar refractivity (Wildman–Crippen MR) is 122 cm³/mol. The standard InChI is InChI=1S/C25H37N3O2/c1-20(2)16-27(23(29)15-25(3,4)5)19-24(30)28(17-21-11-8-7-9-12-21)18-22-13-10-14-26(22)6/h7-14,20H,15-19H2,1-6H3. The summed E-state index contributed by atoms with van der Waals surface area (Å²) in [6, 6.07) is 14.0. The summed E-state index contributed by atoms with van der Waals surface area (Å²) in [5.41, 5.74) is 2.04. The quantitative estimate of drug-likeness (QED) is 0.611. The molecule has 0 bridgehead atoms. The van der Waals surface area contributed by atoms with Crippen molar-refractivity contribution in [1.29, 1.82) is 0 Å². The van der Waals surface area contributed by atoms with E-state index in [-0.39, 0.29) is 23.8 Å². The van der Waals surface area contributed by atoms with Crippen LogP contribution in [0.2, 0.25) is 0 Å². The number of nitrogens with zero attached hydrogens (tertiary/aromatic N) is 3. The third-order valence-electron chi connectivity index (χ3n) is 4.92. The highest BCUT2D eigenvalue weighted by Gasteiger charge is 2.26. The van der Waals surface area contributed by atoms with E-state index in [0.717, 1.165) is 11.3 Å². The molecule has 1 heterocycles. The molecule has 2 aromatic rings. The van der Waals surface area contributed by atoms with Gasteiger partial charge in [0.2, 0.25) is 11.8 Å². The lowest BCUT2D eigenvalue weighted by molar-refractivity contribution is -0.142. The first-order valence-corrected chi connectivity index (χ1v) is 10.7. The first-order chi connectivity index (χ1) is 14.0. The Balaban J connectivity index is 2.20. The van der Waals surface area contributed by atoms with Gasteiger partial charge in [-0.15, -0.1) is 0 Å². The van der Waals surface area contributed by atoms with Crippen LogP contribution in [0.5, 0.6) is 0 Å². The Bertz CT molecular complexity index is 818. The van der Waals surface area contributed by atoms with E-state index in [9.17, 15) is 9.59 Å². The third-order valence-corrected chi connectivity index (χ3v) is 4.92. The van der Waals surface area contributed by atoms with Crippen molar-refractivity contribution in [3.8, 4) is 0 Å². The van der Waals surface area contributed by atoms with Crippen molar-refractivity contribution in [2.75, 3.05) is 13.1 Å². The predicted octanol–water partition coefficient (Wildman–Crippen LogP) is 4.47. The van der Waals surface area contributed by atoms with Gasteiger partial charge in [0, 0.05) is 38.4 Å². The number of hydrogen-bond acceptors (Lipinski definition) is 2. The number of amides is 2. The van der Waals surface area contributed by atoms with Crippen LogP contribution in [0.1, 0.15) is 52.3 Å². The van der Waals surface area contributed by atoms with Crippen LogP contribution in [0.15, 0.2) is 48.7 Å². The van der Waals surface area contributed by atoms with Crippen molar-refractivity contribution in [3.63, 3.8) is 0 Å². The molecule has 1 aromatic carbocycles. The van der Waals surface area contributed by atoms with Gasteiger partial charge in [-0.05, 0) is 29.0 Å². The fraction of sp³-hybridized carbons (Fsp3) is 0.520. The van der Waals surface area contributed by atoms with Gasteiger partial charge in [0.05, 0.1) is 13.1 Å². The van der Waals surface area contributed by atoms with Gasteiger partial charge >= 0.3 is 0 Å². The molecule has 2 amide bonds. The van der Waals surface area contributed by atoms with E-state index in [2.05, 4.69) is 34.6 Å². The molecule has 0 fully saturated rings. The van der Waals surface area contributed by atoms with Gasteiger partial charge in [0.15, 0.2) is 0 Å². The van der Waals surface area contributed by atoms with E-state index < -0.39 is 0 Å². The molecule has 0 N–H and O–H groups in total. The highest BCUT2D eigenvalue weighted by atomic mass is 16.2. The maximum atomic E-state index is 13.4. The second-order valence-electron chi connectivity index (χ2n) is 9.75. The number of aryl methyl sites for hydroxylation is 1. The lowest BCUT2D eigenvalue weighted by Crippen LogP contribution is -2.44. The van der Waals surface area contributed by atoms with Gasteiger partial charge in [0.25, 0.3) is 0 Å². The summed E-state index contributed by atoms with van der Waals surface area (Å²) >= 11 is 0. The van der Waals surface area contributed by atoms with Crippen LogP contribution in [0, 0.1) is 11.3 Å². The molecule has 0 spiro atoms. The molecule has 0 unspecified atom stereocenters. The summed E-state index contributed by atoms with van der Waals surface area (Å²) in [7, 11) is 1.98. The Morgan fingerprint density at radius 3 is 2.13 bits per heavy atom. The number of hydrogen-bond donors (Lipinski definition) is 0. The SMILES string of the molecule is CC(C)CN(CC(=O)N(Cc1ccccc1)Cc1cccn1C)C(=O)CC(C)(C)C. The molecule has 1 aromatic heterocycles. The highest BCUT2D eigenvalue weighted by molar-refractivity contribution is 5.85. The molecular formula is C25H37N3O2. The largest absolute Gasteiger partial charge is 0.353 e. The van der Waals surface area contributed by atoms with Crippen LogP contribution in [0.4, 0.5) is 0 Å². The fourth-order valence-corrected chi connectivity index (χ4v) is 3.42. The molecular weight excluding hydrogens is 374 g/mol. The zero-order chi connectivity index (χ0) is 22.3. The number of rotatable bonds is 9. The number of benzene rings is 1. The Labute approximate surface area is 181 Å². The zero-order valence-electron chi connectivity index (χ0n) is 19.4. The topological polar surface area (TPSA) is 45.6 Å². The average Bonchev–Trinajstić information content (AvgIpc) is 3.04. The molecule has 2 rings (SSSR count). The van der Waals surface area contributed by atoms with Crippen LogP contribution in [-0.4, -0.2) is 39.3 Å². The fourth-order valence-electron chi connectivity index (χ4n) is 3.42. The Morgan fingerprint density at radius 2 is 1.60 bits per heavy atom. The monoisotopic (exact) mass is 411 g/mol. The summed E-state index contributed by atoms with van der Waals surface area (Å²) in [6.45, 7) is 12.1. The normalized spacial score (nSPS) is 11.6. The molecule has 5 nitrogen and oxygen atoms in total. The lowest BCUT2D eigenvalue weighted by Gasteiger charge is -2.31. The minimum Gasteiger partial charge on any atom is -0.353 e. The van der Waals surface area contributed by atoms with Crippen LogP contribution in [0.25, 0.3) is 0 Å². The summed E-state index contributed by atoms with van der Waals surface area (Å²) in [6.07, 6.45) is 2.42. The van der Waals surface area contributed by atoms with Gasteiger partial charge in [-0.25, -0.2) is 0 Å². The molecule has 30 heavy (non-hydrogen) atoms. The molecule has 0 atom stereocenters. The zero-order valence-corrected chi connectivity index (χ0v) is 19.4. The van der Waals surface area contributed by atoms with Gasteiger partial charge in [0.1, 0.15) is 0 Å². The smallest absolute Gasteiger partial charge is 0.242 e. The van der Waals surface area contributed by atoms with Crippen LogP contribution in [-0.2, 0) is 29.7 Å². The Morgan fingerprint density at radius 1 is 0.933 bits per heavy atom. The molecule has 0 aliphatic carbocycles. The number of carbonyl (C=O) groups is 2. The summed E-state index contributed by atoms with van der Waals surface area (Å²) in [5, 5.41) is 0. The van der Waals surface area contributed by atoms with E-state index in [1.54, 1.807) is 4.90 Å². The summed E-state index contributed by atoms with van der Waals surface area (Å²) in [4.78, 5) is 29.9. The highest BCUT2D eigenvalue weighted by Crippen LogP contribution is 2.21. The van der Waals surface area contributed by atoms with E-state index in [4.69, 9.17) is 0 Å². The first-order valence-electron chi connectivity index (χ1n) is 10.7. The molecule has 0 aliphatic heterocycles. The van der Waals surface area contributed by atoms with Gasteiger partial charge in [-0.2, -0.15) is 0 Å². The van der Waals surface area contributed by atoms with E-state index in [1.807, 2.05) is 65.2 Å². The van der Waals surface area contributed by atoms with Crippen LogP contribution in [0.3, 0.4) is 0 Å². The van der Waals surface area contributed by atoms with Crippen LogP contribution >= 0.6 is 0 Å². The molecule has 164 valence electrons. The van der Waals surface area contributed by atoms with Crippen molar-refractivity contribution >= 4 is 11.8 Å². The second-order valence-corrected chi connectivity index (χ2v) is 9.75. The summed E-state index contributed by atoms with van der Waals surface area (Å²) < 4.78 is 2.03. The third kappa shape index (κ3) is 7.69. The molecule has 0 saturated carbocycles. The lowest BCUT2D eigenvalue weighted by atomic mass is 9.91. The Kier molecular flexibility index (Phi) is 8.27. The maximum Gasteiger partial charge on any atom is 0.242 e. The minimum absolute atomic E-state index is 0.0250. The van der Waals surface area contributed by atoms with E-state index >= 15 is 0 Å². The van der Waals surface area contributed by atoms with Crippen molar-refractivity contribution in [3.05, 3.63) is 59.9 Å². The van der Waals surface area contributed by atoms with Crippen molar-refractivity contribution in [1.82, 2.24) is 14.4 Å². The first kappa shape index (κ1) is 23.7. The molecule has 0 radical (unpaired) electrons. The van der Waals surface area contributed by atoms with Crippen molar-refractivity contribution in [2.45, 2.75) is 54.1 Å². The van der Waals surface area contributed by atoms with E-state index in [0.29, 0.717) is 32.0 Å². The van der Waals surface area contributed by atoms with Crippen molar-refractivity contribution in [2.24, 2.45) is 18.4 Å². The number of carbonyl (C=O) groups excluding carboxylic acids is 2. The van der Waals surface area contributed by atoms with Crippen LogP contribution < -0.4 is 0 Å². The van der Waals surface area contributed by atoms with Gasteiger partial charge < -0.3 is 14.4 Å². The Hall–Kier alpha value is -2.56. The maximum absolute atomic E-state index is 13.4. The van der Waals surface area contributed by atoms with E-state index in [1.165, 1.54) is 0 Å². The molecule has 0 aliphatic rings. The second kappa shape index (κ2) is 10.5. The molecule has 0 saturated heterocycles. The number of aromatic nitrogens is 1. The summed E-state index contributed by atoms with van der Waals surface area (Å²) in [5.74, 6) is 0.322. The average molecular weight is 412 g/mol. The van der Waals surface area contributed by atoms with Gasteiger partial charge in [-0.1, -0.05) is 65.0 Å².